The highest BCUT2D eigenvalue weighted by molar-refractivity contribution is 9.10. The number of benzene rings is 3. The van der Waals surface area contributed by atoms with Crippen molar-refractivity contribution in [3.63, 3.8) is 0 Å². The number of esters is 2. The molecule has 0 saturated carbocycles. The number of aryl methyl sites for hydroxylation is 2. The summed E-state index contributed by atoms with van der Waals surface area (Å²) in [4.78, 5) is 29.3. The van der Waals surface area contributed by atoms with Gasteiger partial charge < -0.3 is 9.47 Å². The fourth-order valence-corrected chi connectivity index (χ4v) is 3.41. The second-order valence-electron chi connectivity index (χ2n) is 7.14. The van der Waals surface area contributed by atoms with Crippen molar-refractivity contribution in [2.75, 3.05) is 0 Å². The summed E-state index contributed by atoms with van der Waals surface area (Å²) < 4.78 is 11.7. The van der Waals surface area contributed by atoms with Gasteiger partial charge in [-0.15, -0.1) is 0 Å². The molecule has 31 heavy (non-hydrogen) atoms. The smallest absolute Gasteiger partial charge is 0.363 e. The van der Waals surface area contributed by atoms with E-state index in [0.717, 1.165) is 15.6 Å². The zero-order valence-corrected chi connectivity index (χ0v) is 18.5. The van der Waals surface area contributed by atoms with Crippen LogP contribution >= 0.6 is 15.9 Å². The lowest BCUT2D eigenvalue weighted by Gasteiger charge is -2.09. The third kappa shape index (κ3) is 4.81. The van der Waals surface area contributed by atoms with Gasteiger partial charge in [0.25, 0.3) is 0 Å². The quantitative estimate of drug-likeness (QED) is 0.278. The summed E-state index contributed by atoms with van der Waals surface area (Å²) in [5, 5.41) is 0. The van der Waals surface area contributed by atoms with Crippen molar-refractivity contribution in [3.8, 4) is 5.75 Å². The molecule has 6 heteroatoms. The molecule has 0 saturated heterocycles. The molecule has 0 fully saturated rings. The van der Waals surface area contributed by atoms with Crippen LogP contribution in [0.25, 0.3) is 6.08 Å². The summed E-state index contributed by atoms with van der Waals surface area (Å²) in [6.07, 6.45) is 1.55. The third-order valence-corrected chi connectivity index (χ3v) is 5.13. The molecule has 0 spiro atoms. The summed E-state index contributed by atoms with van der Waals surface area (Å²) in [6.45, 7) is 3.88. The standard InChI is InChI=1S/C25H18BrNO4/c1-15-6-8-17(9-7-15)23-27-21(25(29)31-23)14-19-13-20(26)10-11-22(19)30-24(28)18-5-3-4-16(2)12-18/h3-14H,1-2H3/b21-14+. The summed E-state index contributed by atoms with van der Waals surface area (Å²) in [7, 11) is 0. The van der Waals surface area contributed by atoms with E-state index in [0.29, 0.717) is 22.4 Å². The number of nitrogens with zero attached hydrogens (tertiary/aromatic N) is 1. The highest BCUT2D eigenvalue weighted by atomic mass is 79.9. The van der Waals surface area contributed by atoms with Crippen LogP contribution in [0.2, 0.25) is 0 Å². The van der Waals surface area contributed by atoms with Gasteiger partial charge in [-0.2, -0.15) is 0 Å². The van der Waals surface area contributed by atoms with Crippen LogP contribution in [-0.2, 0) is 9.53 Å². The molecule has 3 aromatic carbocycles. The Morgan fingerprint density at radius 3 is 2.52 bits per heavy atom. The minimum absolute atomic E-state index is 0.126. The van der Waals surface area contributed by atoms with Crippen molar-refractivity contribution < 1.29 is 19.1 Å². The van der Waals surface area contributed by atoms with Crippen molar-refractivity contribution in [1.82, 2.24) is 0 Å². The van der Waals surface area contributed by atoms with Crippen molar-refractivity contribution in [2.45, 2.75) is 13.8 Å². The zero-order valence-electron chi connectivity index (χ0n) is 16.9. The second-order valence-corrected chi connectivity index (χ2v) is 8.06. The van der Waals surface area contributed by atoms with Gasteiger partial charge in [-0.1, -0.05) is 51.3 Å². The third-order valence-electron chi connectivity index (χ3n) is 4.64. The summed E-state index contributed by atoms with van der Waals surface area (Å²) in [5.74, 6) is -0.492. The lowest BCUT2D eigenvalue weighted by molar-refractivity contribution is -0.129. The number of cyclic esters (lactones) is 1. The first-order valence-electron chi connectivity index (χ1n) is 9.57. The fourth-order valence-electron chi connectivity index (χ4n) is 3.03. The summed E-state index contributed by atoms with van der Waals surface area (Å²) >= 11 is 3.42. The number of hydrogen-bond donors (Lipinski definition) is 0. The Morgan fingerprint density at radius 1 is 1.00 bits per heavy atom. The van der Waals surface area contributed by atoms with Crippen molar-refractivity contribution in [2.24, 2.45) is 4.99 Å². The second kappa shape index (κ2) is 8.70. The molecule has 0 radical (unpaired) electrons. The lowest BCUT2D eigenvalue weighted by atomic mass is 10.1. The predicted molar refractivity (Wildman–Crippen MR) is 122 cm³/mol. The number of carbonyl (C=O) groups is 2. The topological polar surface area (TPSA) is 65.0 Å². The Balaban J connectivity index is 1.65. The molecule has 0 aliphatic carbocycles. The van der Waals surface area contributed by atoms with E-state index in [1.165, 1.54) is 0 Å². The van der Waals surface area contributed by atoms with E-state index in [9.17, 15) is 9.59 Å². The van der Waals surface area contributed by atoms with E-state index in [4.69, 9.17) is 9.47 Å². The van der Waals surface area contributed by atoms with Crippen molar-refractivity contribution in [3.05, 3.63) is 105 Å². The monoisotopic (exact) mass is 475 g/mol. The van der Waals surface area contributed by atoms with Crippen molar-refractivity contribution >= 4 is 39.8 Å². The Bertz CT molecular complexity index is 1240. The molecule has 154 valence electrons. The largest absolute Gasteiger partial charge is 0.422 e. The first kappa shape index (κ1) is 20.8. The Kier molecular flexibility index (Phi) is 5.82. The minimum Gasteiger partial charge on any atom is -0.422 e. The summed E-state index contributed by atoms with van der Waals surface area (Å²) in [6, 6.07) is 19.9. The van der Waals surface area contributed by atoms with Gasteiger partial charge in [-0.25, -0.2) is 14.6 Å². The van der Waals surface area contributed by atoms with Crippen LogP contribution in [0.5, 0.6) is 5.75 Å². The van der Waals surface area contributed by atoms with E-state index in [1.807, 2.05) is 44.2 Å². The van der Waals surface area contributed by atoms with Gasteiger partial charge in [-0.3, -0.25) is 0 Å². The molecular formula is C25H18BrNO4. The average molecular weight is 476 g/mol. The normalized spacial score (nSPS) is 14.4. The van der Waals surface area contributed by atoms with Gasteiger partial charge in [0.1, 0.15) is 5.75 Å². The molecule has 0 aromatic heterocycles. The van der Waals surface area contributed by atoms with Gasteiger partial charge >= 0.3 is 11.9 Å². The SMILES string of the molecule is Cc1ccc(C2=N/C(=C/c3cc(Br)ccc3OC(=O)c3cccc(C)c3)C(=O)O2)cc1. The van der Waals surface area contributed by atoms with Crippen LogP contribution in [-0.4, -0.2) is 17.8 Å². The molecule has 0 N–H and O–H groups in total. The first-order valence-corrected chi connectivity index (χ1v) is 10.4. The van der Waals surface area contributed by atoms with Crippen LogP contribution in [0.1, 0.15) is 32.6 Å². The summed E-state index contributed by atoms with van der Waals surface area (Å²) in [5.41, 5.74) is 3.86. The highest BCUT2D eigenvalue weighted by Gasteiger charge is 2.25. The number of rotatable bonds is 4. The number of ether oxygens (including phenoxy) is 2. The number of hydrogen-bond acceptors (Lipinski definition) is 5. The number of halogens is 1. The van der Waals surface area contributed by atoms with E-state index in [2.05, 4.69) is 20.9 Å². The van der Waals surface area contributed by atoms with Crippen LogP contribution < -0.4 is 4.74 Å². The maximum absolute atomic E-state index is 12.6. The molecule has 1 heterocycles. The van der Waals surface area contributed by atoms with Gasteiger partial charge in [0.2, 0.25) is 5.90 Å². The lowest BCUT2D eigenvalue weighted by Crippen LogP contribution is -2.09. The fraction of sp³-hybridized carbons (Fsp3) is 0.0800. The van der Waals surface area contributed by atoms with Crippen LogP contribution in [0.3, 0.4) is 0 Å². The first-order chi connectivity index (χ1) is 14.9. The minimum atomic E-state index is -0.563. The number of carbonyl (C=O) groups excluding carboxylic acids is 2. The van der Waals surface area contributed by atoms with E-state index < -0.39 is 11.9 Å². The van der Waals surface area contributed by atoms with Gasteiger partial charge in [0.15, 0.2) is 5.70 Å². The van der Waals surface area contributed by atoms with Crippen LogP contribution in [0.4, 0.5) is 0 Å². The van der Waals surface area contributed by atoms with Gasteiger partial charge in [-0.05, 0) is 62.4 Å². The maximum atomic E-state index is 12.6. The molecule has 4 rings (SSSR count). The van der Waals surface area contributed by atoms with Crippen LogP contribution in [0, 0.1) is 13.8 Å². The molecule has 0 bridgehead atoms. The van der Waals surface area contributed by atoms with E-state index in [-0.39, 0.29) is 11.6 Å². The zero-order chi connectivity index (χ0) is 22.0. The van der Waals surface area contributed by atoms with Gasteiger partial charge in [0.05, 0.1) is 5.56 Å². The molecule has 1 aliphatic heterocycles. The average Bonchev–Trinajstić information content (AvgIpc) is 3.10. The van der Waals surface area contributed by atoms with Gasteiger partial charge in [0, 0.05) is 15.6 Å². The van der Waals surface area contributed by atoms with E-state index in [1.54, 1.807) is 42.5 Å². The Morgan fingerprint density at radius 2 is 1.77 bits per heavy atom. The maximum Gasteiger partial charge on any atom is 0.363 e. The van der Waals surface area contributed by atoms with Crippen molar-refractivity contribution in [1.29, 1.82) is 0 Å². The molecule has 3 aromatic rings. The molecule has 0 unspecified atom stereocenters. The molecule has 0 atom stereocenters. The predicted octanol–water partition coefficient (Wildman–Crippen LogP) is 5.63. The van der Waals surface area contributed by atoms with E-state index >= 15 is 0 Å². The molecule has 5 nitrogen and oxygen atoms in total. The Hall–Kier alpha value is -3.51. The molecule has 0 amide bonds. The molecular weight excluding hydrogens is 458 g/mol. The number of aliphatic imine (C=N–C) groups is 1. The highest BCUT2D eigenvalue weighted by Crippen LogP contribution is 2.28. The Labute approximate surface area is 188 Å². The van der Waals surface area contributed by atoms with Crippen LogP contribution in [0.15, 0.2) is 81.9 Å². The molecule has 1 aliphatic rings.